The molecule has 1 N–H and O–H groups in total. The number of ether oxygens (including phenoxy) is 3. The zero-order chi connectivity index (χ0) is 24.7. The number of hydrogen-bond acceptors (Lipinski definition) is 6. The lowest BCUT2D eigenvalue weighted by Crippen LogP contribution is -2.38. The Kier molecular flexibility index (Phi) is 8.01. The van der Waals surface area contributed by atoms with E-state index in [1.165, 1.54) is 20.3 Å². The molecular weight excluding hydrogens is 456 g/mol. The van der Waals surface area contributed by atoms with Crippen molar-refractivity contribution in [2.24, 2.45) is 0 Å². The highest BCUT2D eigenvalue weighted by molar-refractivity contribution is 7.93. The van der Waals surface area contributed by atoms with Gasteiger partial charge in [-0.25, -0.2) is 8.42 Å². The first-order chi connectivity index (χ1) is 16.3. The summed E-state index contributed by atoms with van der Waals surface area (Å²) in [4.78, 5) is 13.0. The van der Waals surface area contributed by atoms with E-state index in [2.05, 4.69) is 5.32 Å². The zero-order valence-electron chi connectivity index (χ0n) is 19.6. The van der Waals surface area contributed by atoms with Gasteiger partial charge in [-0.1, -0.05) is 18.2 Å². The van der Waals surface area contributed by atoms with Crippen LogP contribution in [-0.4, -0.2) is 41.7 Å². The molecule has 0 atom stereocenters. The molecule has 180 valence electrons. The van der Waals surface area contributed by atoms with Crippen LogP contribution < -0.4 is 23.8 Å². The summed E-state index contributed by atoms with van der Waals surface area (Å²) in [6.07, 6.45) is 0. The summed E-state index contributed by atoms with van der Waals surface area (Å²) in [5.41, 5.74) is 1.49. The SMILES string of the molecule is CCOc1ccc(N(CC(=O)Nc2ccccc2OC)S(=O)(=O)c2cc(C)ccc2OC)cc1. The topological polar surface area (TPSA) is 94.2 Å². The highest BCUT2D eigenvalue weighted by Gasteiger charge is 2.30. The lowest BCUT2D eigenvalue weighted by atomic mass is 10.2. The van der Waals surface area contributed by atoms with Crippen LogP contribution in [0.4, 0.5) is 11.4 Å². The minimum atomic E-state index is -4.17. The number of methoxy groups -OCH3 is 2. The van der Waals surface area contributed by atoms with Crippen molar-refractivity contribution in [1.29, 1.82) is 0 Å². The fraction of sp³-hybridized carbons (Fsp3) is 0.240. The van der Waals surface area contributed by atoms with E-state index < -0.39 is 22.5 Å². The Balaban J connectivity index is 2.02. The van der Waals surface area contributed by atoms with Gasteiger partial charge in [-0.15, -0.1) is 0 Å². The number of anilines is 2. The highest BCUT2D eigenvalue weighted by Crippen LogP contribution is 2.32. The molecule has 0 saturated carbocycles. The smallest absolute Gasteiger partial charge is 0.268 e. The summed E-state index contributed by atoms with van der Waals surface area (Å²) >= 11 is 0. The molecule has 0 unspecified atom stereocenters. The Morgan fingerprint density at radius 1 is 0.941 bits per heavy atom. The molecule has 34 heavy (non-hydrogen) atoms. The van der Waals surface area contributed by atoms with Crippen molar-refractivity contribution in [3.8, 4) is 17.2 Å². The highest BCUT2D eigenvalue weighted by atomic mass is 32.2. The molecule has 0 spiro atoms. The number of amides is 1. The number of para-hydroxylation sites is 2. The predicted molar refractivity (Wildman–Crippen MR) is 131 cm³/mol. The minimum Gasteiger partial charge on any atom is -0.495 e. The summed E-state index contributed by atoms with van der Waals surface area (Å²) in [7, 11) is -1.28. The fourth-order valence-corrected chi connectivity index (χ4v) is 5.03. The Morgan fingerprint density at radius 2 is 1.62 bits per heavy atom. The van der Waals surface area contributed by atoms with Gasteiger partial charge in [0.15, 0.2) is 0 Å². The van der Waals surface area contributed by atoms with Crippen LogP contribution in [0.2, 0.25) is 0 Å². The average molecular weight is 485 g/mol. The van der Waals surface area contributed by atoms with Gasteiger partial charge in [0.25, 0.3) is 10.0 Å². The molecule has 3 aromatic carbocycles. The predicted octanol–water partition coefficient (Wildman–Crippen LogP) is 4.24. The largest absolute Gasteiger partial charge is 0.495 e. The third-order valence-corrected chi connectivity index (χ3v) is 6.79. The molecule has 0 saturated heterocycles. The van der Waals surface area contributed by atoms with Crippen molar-refractivity contribution >= 4 is 27.3 Å². The van der Waals surface area contributed by atoms with Crippen LogP contribution in [0.25, 0.3) is 0 Å². The van der Waals surface area contributed by atoms with Crippen molar-refractivity contribution in [1.82, 2.24) is 0 Å². The number of benzene rings is 3. The van der Waals surface area contributed by atoms with Gasteiger partial charge in [0.05, 0.1) is 32.2 Å². The molecular formula is C25H28N2O6S. The van der Waals surface area contributed by atoms with Gasteiger partial charge in [0.2, 0.25) is 5.91 Å². The fourth-order valence-electron chi connectivity index (χ4n) is 3.36. The second-order valence-corrected chi connectivity index (χ2v) is 9.17. The Labute approximate surface area is 200 Å². The van der Waals surface area contributed by atoms with Gasteiger partial charge < -0.3 is 19.5 Å². The summed E-state index contributed by atoms with van der Waals surface area (Å²) in [5.74, 6) is 0.710. The Morgan fingerprint density at radius 3 is 2.26 bits per heavy atom. The maximum absolute atomic E-state index is 13.8. The van der Waals surface area contributed by atoms with Gasteiger partial charge in [0, 0.05) is 0 Å². The van der Waals surface area contributed by atoms with Crippen molar-refractivity contribution < 1.29 is 27.4 Å². The monoisotopic (exact) mass is 484 g/mol. The summed E-state index contributed by atoms with van der Waals surface area (Å²) in [5, 5.41) is 2.73. The number of nitrogens with zero attached hydrogens (tertiary/aromatic N) is 1. The van der Waals surface area contributed by atoms with E-state index in [9.17, 15) is 13.2 Å². The summed E-state index contributed by atoms with van der Waals surface area (Å²) in [6, 6.07) is 18.3. The molecule has 0 heterocycles. The van der Waals surface area contributed by atoms with Crippen LogP contribution >= 0.6 is 0 Å². The Hall–Kier alpha value is -3.72. The molecule has 3 rings (SSSR count). The second-order valence-electron chi connectivity index (χ2n) is 7.34. The quantitative estimate of drug-likeness (QED) is 0.463. The molecule has 0 radical (unpaired) electrons. The molecule has 0 aliphatic carbocycles. The van der Waals surface area contributed by atoms with Crippen LogP contribution in [0.3, 0.4) is 0 Å². The third-order valence-electron chi connectivity index (χ3n) is 4.99. The molecule has 0 fully saturated rings. The zero-order valence-corrected chi connectivity index (χ0v) is 20.4. The molecule has 9 heteroatoms. The first kappa shape index (κ1) is 24.9. The number of rotatable bonds is 10. The first-order valence-corrected chi connectivity index (χ1v) is 12.1. The van der Waals surface area contributed by atoms with E-state index in [1.54, 1.807) is 67.6 Å². The van der Waals surface area contributed by atoms with Gasteiger partial charge >= 0.3 is 0 Å². The van der Waals surface area contributed by atoms with Crippen molar-refractivity contribution in [2.45, 2.75) is 18.7 Å². The van der Waals surface area contributed by atoms with E-state index in [-0.39, 0.29) is 10.6 Å². The van der Waals surface area contributed by atoms with Crippen molar-refractivity contribution in [3.63, 3.8) is 0 Å². The number of aryl methyl sites for hydroxylation is 1. The van der Waals surface area contributed by atoms with E-state index in [1.807, 2.05) is 6.92 Å². The van der Waals surface area contributed by atoms with Crippen molar-refractivity contribution in [3.05, 3.63) is 72.3 Å². The number of sulfonamides is 1. The van der Waals surface area contributed by atoms with Crippen LogP contribution in [-0.2, 0) is 14.8 Å². The molecule has 0 bridgehead atoms. The normalized spacial score (nSPS) is 10.9. The summed E-state index contributed by atoms with van der Waals surface area (Å²) in [6.45, 7) is 3.65. The first-order valence-electron chi connectivity index (χ1n) is 10.6. The van der Waals surface area contributed by atoms with Gasteiger partial charge in [-0.05, 0) is 67.9 Å². The molecule has 8 nitrogen and oxygen atoms in total. The van der Waals surface area contributed by atoms with Gasteiger partial charge in [-0.2, -0.15) is 0 Å². The van der Waals surface area contributed by atoms with E-state index in [0.717, 1.165) is 9.87 Å². The second kappa shape index (κ2) is 10.9. The molecule has 0 aliphatic rings. The molecule has 1 amide bonds. The molecule has 0 aromatic heterocycles. The Bertz CT molecular complexity index is 1240. The van der Waals surface area contributed by atoms with E-state index >= 15 is 0 Å². The number of carbonyl (C=O) groups is 1. The standard InChI is InChI=1S/C25H28N2O6S/c1-5-33-20-13-11-19(12-14-20)27(17-25(28)26-21-8-6-7-9-22(21)31-3)34(29,30)24-16-18(2)10-15-23(24)32-4/h6-16H,5,17H2,1-4H3,(H,26,28). The minimum absolute atomic E-state index is 0.0334. The molecule has 3 aromatic rings. The lowest BCUT2D eigenvalue weighted by Gasteiger charge is -2.25. The van der Waals surface area contributed by atoms with Crippen LogP contribution in [0, 0.1) is 6.92 Å². The summed E-state index contributed by atoms with van der Waals surface area (Å²) < 4.78 is 44.7. The van der Waals surface area contributed by atoms with Gasteiger partial charge in [-0.3, -0.25) is 9.10 Å². The van der Waals surface area contributed by atoms with Crippen LogP contribution in [0.15, 0.2) is 71.6 Å². The van der Waals surface area contributed by atoms with Crippen molar-refractivity contribution in [2.75, 3.05) is 37.0 Å². The average Bonchev–Trinajstić information content (AvgIpc) is 2.83. The number of carbonyl (C=O) groups excluding carboxylic acids is 1. The van der Waals surface area contributed by atoms with E-state index in [0.29, 0.717) is 29.5 Å². The van der Waals surface area contributed by atoms with E-state index in [4.69, 9.17) is 14.2 Å². The number of hydrogen-bond donors (Lipinski definition) is 1. The number of nitrogens with one attached hydrogen (secondary N) is 1. The lowest BCUT2D eigenvalue weighted by molar-refractivity contribution is -0.114. The third kappa shape index (κ3) is 5.60. The van der Waals surface area contributed by atoms with Crippen LogP contribution in [0.1, 0.15) is 12.5 Å². The maximum Gasteiger partial charge on any atom is 0.268 e. The van der Waals surface area contributed by atoms with Crippen LogP contribution in [0.5, 0.6) is 17.2 Å². The van der Waals surface area contributed by atoms with Gasteiger partial charge in [0.1, 0.15) is 28.7 Å². The molecule has 0 aliphatic heterocycles. The maximum atomic E-state index is 13.8.